The van der Waals surface area contributed by atoms with Crippen LogP contribution in [-0.4, -0.2) is 126 Å². The van der Waals surface area contributed by atoms with Crippen molar-refractivity contribution >= 4 is 29.2 Å². The van der Waals surface area contributed by atoms with Crippen molar-refractivity contribution in [2.75, 3.05) is 65.0 Å². The summed E-state index contributed by atoms with van der Waals surface area (Å²) in [5, 5.41) is 17.1. The molecule has 4 aliphatic rings. The molecule has 2 fully saturated rings. The minimum atomic E-state index is -2.82. The number of nitrogens with one attached hydrogen (secondary N) is 4. The Hall–Kier alpha value is -6.41. The number of ketones is 2. The Bertz CT molecular complexity index is 2930. The number of amides is 2. The molecule has 0 saturated heterocycles. The lowest BCUT2D eigenvalue weighted by Gasteiger charge is -2.41. The highest BCUT2D eigenvalue weighted by atomic mass is 19.3. The molecular weight excluding hydrogens is 1040 g/mol. The van der Waals surface area contributed by atoms with Crippen LogP contribution in [0.1, 0.15) is 148 Å². The summed E-state index contributed by atoms with van der Waals surface area (Å²) in [5.41, 5.74) is 4.35. The second-order valence-electron chi connectivity index (χ2n) is 23.6. The van der Waals surface area contributed by atoms with Crippen molar-refractivity contribution < 1.29 is 46.6 Å². The molecule has 0 unspecified atom stereocenters. The number of nitrogens with zero attached hydrogens (tertiary/aromatic N) is 5. The summed E-state index contributed by atoms with van der Waals surface area (Å²) < 4.78 is 53.5. The number of halogens is 2. The van der Waals surface area contributed by atoms with E-state index in [-0.39, 0.29) is 65.4 Å². The smallest absolute Gasteiger partial charge is 0.282 e. The molecule has 2 amide bonds. The van der Waals surface area contributed by atoms with Crippen molar-refractivity contribution in [3.05, 3.63) is 112 Å². The van der Waals surface area contributed by atoms with Crippen LogP contribution < -0.4 is 26.0 Å². The predicted octanol–water partition coefficient (Wildman–Crippen LogP) is 9.02. The van der Waals surface area contributed by atoms with Gasteiger partial charge in [-0.2, -0.15) is 5.10 Å². The summed E-state index contributed by atoms with van der Waals surface area (Å²) in [4.78, 5) is 66.2. The van der Waals surface area contributed by atoms with Gasteiger partial charge in [0.1, 0.15) is 41.9 Å². The summed E-state index contributed by atoms with van der Waals surface area (Å²) in [6.45, 7) is 12.1. The van der Waals surface area contributed by atoms with E-state index in [1.807, 2.05) is 51.1 Å². The van der Waals surface area contributed by atoms with E-state index in [1.54, 1.807) is 42.0 Å². The minimum Gasteiger partial charge on any atom is -0.491 e. The summed E-state index contributed by atoms with van der Waals surface area (Å²) >= 11 is 0. The van der Waals surface area contributed by atoms with Gasteiger partial charge in [0.15, 0.2) is 11.6 Å². The van der Waals surface area contributed by atoms with Gasteiger partial charge >= 0.3 is 0 Å². The molecule has 9 rings (SSSR count). The van der Waals surface area contributed by atoms with Crippen LogP contribution in [0.15, 0.2) is 77.7 Å². The fourth-order valence-electron chi connectivity index (χ4n) is 11.4. The maximum Gasteiger partial charge on any atom is 0.282 e. The van der Waals surface area contributed by atoms with Crippen molar-refractivity contribution in [1.82, 2.24) is 40.6 Å². The van der Waals surface area contributed by atoms with Gasteiger partial charge in [-0.15, -0.1) is 0 Å². The fourth-order valence-corrected chi connectivity index (χ4v) is 11.4. The quantitative estimate of drug-likeness (QED) is 0.0273. The highest BCUT2D eigenvalue weighted by Gasteiger charge is 2.43. The molecule has 2 saturated carbocycles. The maximum atomic E-state index is 14.7. The van der Waals surface area contributed by atoms with Crippen LogP contribution in [0.4, 0.5) is 14.6 Å². The number of carbonyl (C=O) groups excluding carboxylic acids is 4. The number of likely N-dealkylation sites (N-methyl/N-ethyl adjacent to an activating group) is 1. The van der Waals surface area contributed by atoms with E-state index in [0.29, 0.717) is 81.4 Å². The van der Waals surface area contributed by atoms with Crippen molar-refractivity contribution in [2.24, 2.45) is 17.3 Å². The molecule has 5 aromatic rings. The lowest BCUT2D eigenvalue weighted by atomic mass is 9.78. The van der Waals surface area contributed by atoms with E-state index in [0.717, 1.165) is 69.2 Å². The van der Waals surface area contributed by atoms with E-state index in [1.165, 1.54) is 30.2 Å². The van der Waals surface area contributed by atoms with Gasteiger partial charge in [-0.25, -0.2) is 18.7 Å². The Morgan fingerprint density at radius 3 is 2.38 bits per heavy atom. The van der Waals surface area contributed by atoms with Gasteiger partial charge in [0.05, 0.1) is 44.6 Å². The number of carbonyl (C=O) groups is 4. The van der Waals surface area contributed by atoms with Crippen LogP contribution in [0.5, 0.6) is 5.75 Å². The molecule has 4 atom stereocenters. The lowest BCUT2D eigenvalue weighted by molar-refractivity contribution is -0.146. The predicted molar refractivity (Wildman–Crippen MR) is 303 cm³/mol. The molecular formula is C62H81F2N9O8. The van der Waals surface area contributed by atoms with E-state index in [2.05, 4.69) is 54.5 Å². The van der Waals surface area contributed by atoms with E-state index in [4.69, 9.17) is 18.6 Å². The summed E-state index contributed by atoms with van der Waals surface area (Å²) in [5.74, 6) is 1.85. The van der Waals surface area contributed by atoms with Crippen LogP contribution >= 0.6 is 0 Å². The first-order valence-corrected chi connectivity index (χ1v) is 29.2. The topological polar surface area (TPSA) is 204 Å². The average molecular weight is 1120 g/mol. The van der Waals surface area contributed by atoms with Crippen LogP contribution in [0.25, 0.3) is 11.5 Å². The number of alkyl halides is 2. The molecule has 0 bridgehead atoms. The fraction of sp³-hybridized carbons (Fsp3) is 0.565. The van der Waals surface area contributed by atoms with Gasteiger partial charge in [-0.1, -0.05) is 51.1 Å². The third kappa shape index (κ3) is 15.8. The number of rotatable bonds is 28. The molecule has 4 N–H and O–H groups in total. The molecule has 17 nitrogen and oxygen atoms in total. The first kappa shape index (κ1) is 59.2. The highest BCUT2D eigenvalue weighted by molar-refractivity contribution is 5.96. The Morgan fingerprint density at radius 1 is 0.864 bits per heavy atom. The standard InChI is InChI=1S/C62H81F2N9O8/c1-39(65-5)59(76)70-57(62(2,3)4)61(77)72-36-46-29-49(20-17-43(46)30-52(72)54(75)31-44-11-8-10-42-9-6-7-12-50(42)44)80-28-27-79-26-25-78-24-23-66-34-40-15-18-48(19-16-40)73-37-47(56(71-73)58(63)64)32-53(74)51-38-81-60(69-51)45-21-22-67-55(33-45)68-35-41-13-14-41/h6-7,9,12,17,20-22,29,33,37-41,44,48,52,57-58,65-66H,8,10-11,13-16,18-19,23-28,30-32,34-36H2,1-5H3,(H,67,68)(H,70,76)/t39-,40?,44-,48?,52-,57+/m0/s1. The third-order valence-corrected chi connectivity index (χ3v) is 16.5. The second-order valence-corrected chi connectivity index (χ2v) is 23.6. The lowest BCUT2D eigenvalue weighted by Crippen LogP contribution is -2.60. The largest absolute Gasteiger partial charge is 0.491 e. The molecule has 436 valence electrons. The zero-order valence-corrected chi connectivity index (χ0v) is 47.7. The van der Waals surface area contributed by atoms with Crippen molar-refractivity contribution in [2.45, 2.75) is 148 Å². The number of aromatic nitrogens is 4. The molecule has 19 heteroatoms. The Kier molecular flexibility index (Phi) is 20.2. The number of Topliss-reactive ketones (excluding diaryl/α,β-unsaturated/α-hetero) is 2. The molecule has 3 aliphatic carbocycles. The minimum absolute atomic E-state index is 0.0324. The number of fused-ring (bicyclic) bond motifs is 2. The van der Waals surface area contributed by atoms with Gasteiger partial charge in [-0.05, 0) is 148 Å². The zero-order chi connectivity index (χ0) is 57.0. The molecule has 1 aliphatic heterocycles. The van der Waals surface area contributed by atoms with Crippen LogP contribution in [-0.2, 0) is 49.7 Å². The van der Waals surface area contributed by atoms with Gasteiger partial charge in [0.2, 0.25) is 17.7 Å². The highest BCUT2D eigenvalue weighted by Crippen LogP contribution is 2.38. The zero-order valence-electron chi connectivity index (χ0n) is 47.7. The number of hydrogen-bond acceptors (Lipinski definition) is 14. The van der Waals surface area contributed by atoms with Crippen LogP contribution in [0, 0.1) is 17.3 Å². The van der Waals surface area contributed by atoms with Gasteiger partial charge in [0.25, 0.3) is 6.43 Å². The number of anilines is 1. The number of benzene rings is 2. The summed E-state index contributed by atoms with van der Waals surface area (Å²) in [6, 6.07) is 15.7. The van der Waals surface area contributed by atoms with E-state index < -0.39 is 35.7 Å². The molecule has 3 aromatic heterocycles. The number of aryl methyl sites for hydroxylation is 1. The molecule has 0 spiro atoms. The average Bonchev–Trinajstić information content (AvgIpc) is 4.08. The monoisotopic (exact) mass is 1120 g/mol. The molecule has 2 aromatic carbocycles. The van der Waals surface area contributed by atoms with E-state index >= 15 is 0 Å². The van der Waals surface area contributed by atoms with Gasteiger partial charge in [-0.3, -0.25) is 23.9 Å². The molecule has 81 heavy (non-hydrogen) atoms. The van der Waals surface area contributed by atoms with Crippen molar-refractivity contribution in [1.29, 1.82) is 0 Å². The van der Waals surface area contributed by atoms with Crippen molar-refractivity contribution in [3.63, 3.8) is 0 Å². The van der Waals surface area contributed by atoms with Crippen LogP contribution in [0.3, 0.4) is 0 Å². The first-order valence-electron chi connectivity index (χ1n) is 29.2. The molecule has 4 heterocycles. The molecule has 0 radical (unpaired) electrons. The number of hydrogen-bond donors (Lipinski definition) is 4. The Morgan fingerprint density at radius 2 is 1.62 bits per heavy atom. The van der Waals surface area contributed by atoms with Crippen LogP contribution in [0.2, 0.25) is 0 Å². The third-order valence-electron chi connectivity index (χ3n) is 16.5. The summed E-state index contributed by atoms with van der Waals surface area (Å²) in [7, 11) is 1.70. The van der Waals surface area contributed by atoms with Gasteiger partial charge in [0, 0.05) is 62.4 Å². The number of oxazole rings is 1. The number of ether oxygens (including phenoxy) is 3. The number of pyridine rings is 1. The normalized spacial score (nSPS) is 19.8. The summed E-state index contributed by atoms with van der Waals surface area (Å²) in [6.07, 6.45) is 11.0. The van der Waals surface area contributed by atoms with Gasteiger partial charge < -0.3 is 44.8 Å². The van der Waals surface area contributed by atoms with Crippen molar-refractivity contribution in [3.8, 4) is 17.2 Å². The van der Waals surface area contributed by atoms with E-state index in [9.17, 15) is 28.0 Å². The SMILES string of the molecule is CN[C@@H](C)C(=O)N[C@H](C(=O)N1Cc2cc(OCCOCCOCCNCC3CCC(n4cc(CC(=O)c5coc(-c6ccnc(NCC7CC7)c6)n5)c(C(F)F)n4)CC3)ccc2C[C@H]1C(=O)C[C@@H]1CCCc2ccccc21)C(C)(C)C. The maximum absolute atomic E-state index is 14.7. The Balaban J connectivity index is 0.677. The Labute approximate surface area is 474 Å². The first-order chi connectivity index (χ1) is 39.1. The second kappa shape index (κ2) is 27.6.